The average Bonchev–Trinajstić information content (AvgIpc) is 2.38. The van der Waals surface area contributed by atoms with Crippen LogP contribution < -0.4 is 5.73 Å². The third-order valence-electron chi connectivity index (χ3n) is 4.57. The van der Waals surface area contributed by atoms with Crippen LogP contribution in [0, 0.1) is 5.92 Å². The Morgan fingerprint density at radius 2 is 1.67 bits per heavy atom. The molecule has 1 heterocycles. The molecule has 0 bridgehead atoms. The fourth-order valence-electron chi connectivity index (χ4n) is 3.49. The van der Waals surface area contributed by atoms with Crippen molar-refractivity contribution < 1.29 is 13.2 Å². The second-order valence-electron chi connectivity index (χ2n) is 5.67. The molecule has 0 aromatic heterocycles. The number of hydrogen-bond donors (Lipinski definition) is 1. The van der Waals surface area contributed by atoms with Crippen LogP contribution in [0.3, 0.4) is 0 Å². The van der Waals surface area contributed by atoms with Crippen molar-refractivity contribution in [1.82, 2.24) is 4.90 Å². The van der Waals surface area contributed by atoms with Crippen molar-refractivity contribution in [3.05, 3.63) is 0 Å². The van der Waals surface area contributed by atoms with E-state index in [1.54, 1.807) is 0 Å². The predicted octanol–water partition coefficient (Wildman–Crippen LogP) is 2.92. The van der Waals surface area contributed by atoms with Gasteiger partial charge in [0.1, 0.15) is 0 Å². The molecule has 0 aromatic rings. The maximum absolute atomic E-state index is 12.6. The number of nitrogens with zero attached hydrogens (tertiary/aromatic N) is 1. The van der Waals surface area contributed by atoms with E-state index < -0.39 is 12.1 Å². The van der Waals surface area contributed by atoms with Crippen molar-refractivity contribution in [2.45, 2.75) is 63.2 Å². The summed E-state index contributed by atoms with van der Waals surface area (Å²) in [6.07, 6.45) is 1.42. The molecular formula is C13H23F3N2. The highest BCUT2D eigenvalue weighted by molar-refractivity contribution is 4.88. The lowest BCUT2D eigenvalue weighted by atomic mass is 9.83. The van der Waals surface area contributed by atoms with Gasteiger partial charge in [0.15, 0.2) is 0 Å². The van der Waals surface area contributed by atoms with Crippen molar-refractivity contribution in [2.75, 3.05) is 13.1 Å². The van der Waals surface area contributed by atoms with Gasteiger partial charge < -0.3 is 5.73 Å². The highest BCUT2D eigenvalue weighted by Gasteiger charge is 2.42. The van der Waals surface area contributed by atoms with E-state index in [9.17, 15) is 13.2 Å². The Bertz CT molecular complexity index is 259. The number of hydrogen-bond acceptors (Lipinski definition) is 2. The zero-order valence-electron chi connectivity index (χ0n) is 10.8. The van der Waals surface area contributed by atoms with Crippen LogP contribution in [0.1, 0.15) is 44.9 Å². The summed E-state index contributed by atoms with van der Waals surface area (Å²) in [5.74, 6) is -1.07. The number of piperidine rings is 1. The highest BCUT2D eigenvalue weighted by atomic mass is 19.4. The van der Waals surface area contributed by atoms with Crippen LogP contribution in [0.5, 0.6) is 0 Å². The second kappa shape index (κ2) is 5.78. The van der Waals surface area contributed by atoms with Gasteiger partial charge >= 0.3 is 6.18 Å². The Morgan fingerprint density at radius 1 is 1.00 bits per heavy atom. The van der Waals surface area contributed by atoms with Gasteiger partial charge in [0.25, 0.3) is 0 Å². The summed E-state index contributed by atoms with van der Waals surface area (Å²) < 4.78 is 37.9. The molecule has 106 valence electrons. The zero-order chi connectivity index (χ0) is 13.2. The topological polar surface area (TPSA) is 29.3 Å². The molecule has 2 N–H and O–H groups in total. The van der Waals surface area contributed by atoms with E-state index in [4.69, 9.17) is 5.73 Å². The first kappa shape index (κ1) is 14.1. The minimum Gasteiger partial charge on any atom is -0.329 e. The SMILES string of the molecule is NCC1CCCCN1C1CCC(C(F)(F)F)CC1. The third-order valence-corrected chi connectivity index (χ3v) is 4.57. The van der Waals surface area contributed by atoms with E-state index in [0.717, 1.165) is 19.4 Å². The van der Waals surface area contributed by atoms with Crippen LogP contribution >= 0.6 is 0 Å². The van der Waals surface area contributed by atoms with Gasteiger partial charge in [-0.25, -0.2) is 0 Å². The molecule has 2 aliphatic rings. The lowest BCUT2D eigenvalue weighted by Gasteiger charge is -2.43. The van der Waals surface area contributed by atoms with Crippen LogP contribution in [0.4, 0.5) is 13.2 Å². The van der Waals surface area contributed by atoms with Crippen molar-refractivity contribution >= 4 is 0 Å². The lowest BCUT2D eigenvalue weighted by Crippen LogP contribution is -2.51. The molecular weight excluding hydrogens is 241 g/mol. The zero-order valence-corrected chi connectivity index (χ0v) is 10.8. The molecule has 0 amide bonds. The molecule has 0 spiro atoms. The molecule has 5 heteroatoms. The number of alkyl halides is 3. The Kier molecular flexibility index (Phi) is 4.54. The van der Waals surface area contributed by atoms with Crippen LogP contribution in [-0.2, 0) is 0 Å². The molecule has 2 rings (SSSR count). The van der Waals surface area contributed by atoms with Gasteiger partial charge in [0, 0.05) is 18.6 Å². The largest absolute Gasteiger partial charge is 0.391 e. The van der Waals surface area contributed by atoms with Crippen LogP contribution in [0.25, 0.3) is 0 Å². The molecule has 1 saturated carbocycles. The predicted molar refractivity (Wildman–Crippen MR) is 65.2 cm³/mol. The monoisotopic (exact) mass is 264 g/mol. The van der Waals surface area contributed by atoms with E-state index in [-0.39, 0.29) is 0 Å². The number of likely N-dealkylation sites (tertiary alicyclic amines) is 1. The first-order valence-electron chi connectivity index (χ1n) is 7.05. The summed E-state index contributed by atoms with van der Waals surface area (Å²) in [6, 6.07) is 0.726. The highest BCUT2D eigenvalue weighted by Crippen LogP contribution is 2.39. The minimum atomic E-state index is -4.00. The summed E-state index contributed by atoms with van der Waals surface area (Å²) in [5.41, 5.74) is 5.78. The van der Waals surface area contributed by atoms with Gasteiger partial charge in [-0.2, -0.15) is 13.2 Å². The molecule has 18 heavy (non-hydrogen) atoms. The van der Waals surface area contributed by atoms with E-state index in [1.165, 1.54) is 6.42 Å². The Balaban J connectivity index is 1.88. The Labute approximate surface area is 107 Å². The molecule has 2 fully saturated rings. The molecule has 0 radical (unpaired) electrons. The van der Waals surface area contributed by atoms with Crippen LogP contribution in [0.15, 0.2) is 0 Å². The quantitative estimate of drug-likeness (QED) is 0.831. The average molecular weight is 264 g/mol. The Hall–Kier alpha value is -0.290. The van der Waals surface area contributed by atoms with E-state index in [1.807, 2.05) is 0 Å². The number of nitrogens with two attached hydrogens (primary N) is 1. The first-order chi connectivity index (χ1) is 8.52. The third kappa shape index (κ3) is 3.18. The minimum absolute atomic E-state index is 0.294. The van der Waals surface area contributed by atoms with Gasteiger partial charge in [-0.15, -0.1) is 0 Å². The first-order valence-corrected chi connectivity index (χ1v) is 7.05. The number of halogens is 3. The molecule has 1 aliphatic heterocycles. The van der Waals surface area contributed by atoms with Crippen molar-refractivity contribution in [1.29, 1.82) is 0 Å². The van der Waals surface area contributed by atoms with Gasteiger partial charge in [-0.3, -0.25) is 4.90 Å². The molecule has 2 nitrogen and oxygen atoms in total. The maximum Gasteiger partial charge on any atom is 0.391 e. The summed E-state index contributed by atoms with van der Waals surface area (Å²) in [6.45, 7) is 1.66. The summed E-state index contributed by atoms with van der Waals surface area (Å²) in [4.78, 5) is 2.39. The van der Waals surface area contributed by atoms with E-state index in [0.29, 0.717) is 44.3 Å². The molecule has 1 unspecified atom stereocenters. The smallest absolute Gasteiger partial charge is 0.329 e. The number of rotatable bonds is 2. The van der Waals surface area contributed by atoms with Gasteiger partial charge in [-0.05, 0) is 45.1 Å². The Morgan fingerprint density at radius 3 is 2.22 bits per heavy atom. The second-order valence-corrected chi connectivity index (χ2v) is 5.67. The normalized spacial score (nSPS) is 35.7. The van der Waals surface area contributed by atoms with Gasteiger partial charge in [-0.1, -0.05) is 6.42 Å². The fraction of sp³-hybridized carbons (Fsp3) is 1.00. The van der Waals surface area contributed by atoms with E-state index >= 15 is 0 Å². The van der Waals surface area contributed by atoms with Gasteiger partial charge in [0.05, 0.1) is 5.92 Å². The van der Waals surface area contributed by atoms with Crippen molar-refractivity contribution in [3.8, 4) is 0 Å². The molecule has 1 saturated heterocycles. The van der Waals surface area contributed by atoms with E-state index in [2.05, 4.69) is 4.90 Å². The standard InChI is InChI=1S/C13H23F3N2/c14-13(15,16)10-4-6-11(7-5-10)18-8-2-1-3-12(18)9-17/h10-12H,1-9,17H2. The lowest BCUT2D eigenvalue weighted by molar-refractivity contribution is -0.185. The summed E-state index contributed by atoms with van der Waals surface area (Å²) in [5, 5.41) is 0. The van der Waals surface area contributed by atoms with Crippen LogP contribution in [-0.4, -0.2) is 36.2 Å². The summed E-state index contributed by atoms with van der Waals surface area (Å²) >= 11 is 0. The van der Waals surface area contributed by atoms with Gasteiger partial charge in [0.2, 0.25) is 0 Å². The summed E-state index contributed by atoms with van der Waals surface area (Å²) in [7, 11) is 0. The maximum atomic E-state index is 12.6. The van der Waals surface area contributed by atoms with Crippen molar-refractivity contribution in [2.24, 2.45) is 11.7 Å². The fourth-order valence-corrected chi connectivity index (χ4v) is 3.49. The van der Waals surface area contributed by atoms with Crippen LogP contribution in [0.2, 0.25) is 0 Å². The molecule has 1 atom stereocenters. The molecule has 1 aliphatic carbocycles. The molecule has 0 aromatic carbocycles. The van der Waals surface area contributed by atoms with Crippen molar-refractivity contribution in [3.63, 3.8) is 0 Å².